The zero-order valence-corrected chi connectivity index (χ0v) is 9.68. The SMILES string of the molecule is Fc1cccc(F)c1Oc1cnc2ccccc2n1. The smallest absolute Gasteiger partial charge is 0.238 e. The number of aromatic nitrogens is 2. The van der Waals surface area contributed by atoms with E-state index in [4.69, 9.17) is 4.74 Å². The number of benzene rings is 2. The van der Waals surface area contributed by atoms with Crippen LogP contribution in [0.15, 0.2) is 48.7 Å². The van der Waals surface area contributed by atoms with Crippen molar-refractivity contribution in [1.82, 2.24) is 9.97 Å². The van der Waals surface area contributed by atoms with Crippen LogP contribution in [0.4, 0.5) is 8.78 Å². The topological polar surface area (TPSA) is 35.0 Å². The molecule has 19 heavy (non-hydrogen) atoms. The summed E-state index contributed by atoms with van der Waals surface area (Å²) in [5, 5.41) is 0. The Kier molecular flexibility index (Phi) is 2.79. The summed E-state index contributed by atoms with van der Waals surface area (Å²) < 4.78 is 32.0. The fraction of sp³-hybridized carbons (Fsp3) is 0. The second-order valence-corrected chi connectivity index (χ2v) is 3.85. The summed E-state index contributed by atoms with van der Waals surface area (Å²) in [7, 11) is 0. The van der Waals surface area contributed by atoms with E-state index in [1.807, 2.05) is 6.07 Å². The molecule has 3 aromatic rings. The van der Waals surface area contributed by atoms with Crippen LogP contribution in [0.1, 0.15) is 0 Å². The number of rotatable bonds is 2. The first-order chi connectivity index (χ1) is 9.24. The van der Waals surface area contributed by atoms with Gasteiger partial charge in [0.05, 0.1) is 17.2 Å². The molecule has 3 nitrogen and oxygen atoms in total. The van der Waals surface area contributed by atoms with Crippen LogP contribution in [0, 0.1) is 11.6 Å². The van der Waals surface area contributed by atoms with Gasteiger partial charge in [-0.25, -0.2) is 18.7 Å². The van der Waals surface area contributed by atoms with Crippen LogP contribution < -0.4 is 4.74 Å². The molecule has 94 valence electrons. The van der Waals surface area contributed by atoms with Gasteiger partial charge in [-0.1, -0.05) is 18.2 Å². The number of fused-ring (bicyclic) bond motifs is 1. The van der Waals surface area contributed by atoms with Crippen molar-refractivity contribution in [3.63, 3.8) is 0 Å². The van der Waals surface area contributed by atoms with E-state index < -0.39 is 17.4 Å². The van der Waals surface area contributed by atoms with Gasteiger partial charge < -0.3 is 4.74 Å². The monoisotopic (exact) mass is 258 g/mol. The third-order valence-corrected chi connectivity index (χ3v) is 2.55. The van der Waals surface area contributed by atoms with E-state index in [1.165, 1.54) is 12.3 Å². The standard InChI is InChI=1S/C14H8F2N2O/c15-9-4-3-5-10(16)14(9)19-13-8-17-11-6-1-2-7-12(11)18-13/h1-8H. The van der Waals surface area contributed by atoms with E-state index in [0.717, 1.165) is 12.1 Å². The van der Waals surface area contributed by atoms with Gasteiger partial charge in [-0.15, -0.1) is 0 Å². The predicted octanol–water partition coefficient (Wildman–Crippen LogP) is 3.70. The molecule has 0 saturated carbocycles. The minimum atomic E-state index is -0.782. The third-order valence-electron chi connectivity index (χ3n) is 2.55. The highest BCUT2D eigenvalue weighted by Crippen LogP contribution is 2.26. The third kappa shape index (κ3) is 2.22. The summed E-state index contributed by atoms with van der Waals surface area (Å²) in [6.45, 7) is 0. The van der Waals surface area contributed by atoms with Crippen molar-refractivity contribution in [3.8, 4) is 11.6 Å². The van der Waals surface area contributed by atoms with Crippen LogP contribution in [0.3, 0.4) is 0 Å². The molecule has 2 aromatic carbocycles. The van der Waals surface area contributed by atoms with Gasteiger partial charge >= 0.3 is 0 Å². The molecule has 0 aliphatic rings. The van der Waals surface area contributed by atoms with Gasteiger partial charge in [-0.3, -0.25) is 0 Å². The Morgan fingerprint density at radius 2 is 1.53 bits per heavy atom. The van der Waals surface area contributed by atoms with Crippen molar-refractivity contribution in [1.29, 1.82) is 0 Å². The van der Waals surface area contributed by atoms with Crippen molar-refractivity contribution < 1.29 is 13.5 Å². The van der Waals surface area contributed by atoms with Crippen LogP contribution in [0.25, 0.3) is 11.0 Å². The Labute approximate surface area is 107 Å². The number of ether oxygens (including phenoxy) is 1. The lowest BCUT2D eigenvalue weighted by Gasteiger charge is -2.06. The summed E-state index contributed by atoms with van der Waals surface area (Å²) in [5.41, 5.74) is 1.28. The van der Waals surface area contributed by atoms with Crippen LogP contribution in [-0.2, 0) is 0 Å². The largest absolute Gasteiger partial charge is 0.431 e. The number of hydrogen-bond donors (Lipinski definition) is 0. The van der Waals surface area contributed by atoms with E-state index in [2.05, 4.69) is 9.97 Å². The number of nitrogens with zero attached hydrogens (tertiary/aromatic N) is 2. The number of hydrogen-bond acceptors (Lipinski definition) is 3. The first-order valence-electron chi connectivity index (χ1n) is 5.58. The lowest BCUT2D eigenvalue weighted by molar-refractivity contribution is 0.395. The Balaban J connectivity index is 2.01. The molecule has 0 amide bonds. The molecule has 0 aliphatic carbocycles. The van der Waals surface area contributed by atoms with Gasteiger partial charge in [-0.05, 0) is 24.3 Å². The second-order valence-electron chi connectivity index (χ2n) is 3.85. The molecule has 0 spiro atoms. The van der Waals surface area contributed by atoms with E-state index in [9.17, 15) is 8.78 Å². The molecule has 0 N–H and O–H groups in total. The van der Waals surface area contributed by atoms with E-state index in [-0.39, 0.29) is 5.88 Å². The van der Waals surface area contributed by atoms with Crippen molar-refractivity contribution in [2.24, 2.45) is 0 Å². The Hall–Kier alpha value is -2.56. The fourth-order valence-corrected chi connectivity index (χ4v) is 1.67. The molecule has 1 aromatic heterocycles. The molecule has 0 unspecified atom stereocenters. The lowest BCUT2D eigenvalue weighted by atomic mass is 10.3. The molecule has 1 heterocycles. The molecule has 0 saturated heterocycles. The number of halogens is 2. The highest BCUT2D eigenvalue weighted by Gasteiger charge is 2.12. The molecule has 0 fully saturated rings. The van der Waals surface area contributed by atoms with Gasteiger partial charge in [0.15, 0.2) is 11.6 Å². The molecular formula is C14H8F2N2O. The maximum Gasteiger partial charge on any atom is 0.238 e. The minimum Gasteiger partial charge on any atom is -0.431 e. The highest BCUT2D eigenvalue weighted by atomic mass is 19.1. The molecule has 0 aliphatic heterocycles. The van der Waals surface area contributed by atoms with Crippen molar-refractivity contribution in [2.75, 3.05) is 0 Å². The van der Waals surface area contributed by atoms with Crippen molar-refractivity contribution >= 4 is 11.0 Å². The summed E-state index contributed by atoms with van der Waals surface area (Å²) in [6.07, 6.45) is 1.33. The van der Waals surface area contributed by atoms with E-state index >= 15 is 0 Å². The normalized spacial score (nSPS) is 10.6. The first kappa shape index (κ1) is 11.5. The zero-order valence-electron chi connectivity index (χ0n) is 9.68. The minimum absolute atomic E-state index is 0.0442. The maximum atomic E-state index is 13.4. The van der Waals surface area contributed by atoms with Crippen LogP contribution >= 0.6 is 0 Å². The molecule has 3 rings (SSSR count). The fourth-order valence-electron chi connectivity index (χ4n) is 1.67. The summed E-state index contributed by atoms with van der Waals surface area (Å²) >= 11 is 0. The Morgan fingerprint density at radius 3 is 2.26 bits per heavy atom. The first-order valence-corrected chi connectivity index (χ1v) is 5.58. The van der Waals surface area contributed by atoms with Gasteiger partial charge in [0, 0.05) is 0 Å². The van der Waals surface area contributed by atoms with E-state index in [0.29, 0.717) is 11.0 Å². The average molecular weight is 258 g/mol. The summed E-state index contributed by atoms with van der Waals surface area (Å²) in [6, 6.07) is 10.7. The van der Waals surface area contributed by atoms with Gasteiger partial charge in [0.2, 0.25) is 11.6 Å². The summed E-state index contributed by atoms with van der Waals surface area (Å²) in [5.74, 6) is -2.00. The van der Waals surface area contributed by atoms with Crippen molar-refractivity contribution in [3.05, 3.63) is 60.3 Å². The van der Waals surface area contributed by atoms with Crippen LogP contribution in [0.2, 0.25) is 0 Å². The average Bonchev–Trinajstić information content (AvgIpc) is 2.43. The van der Waals surface area contributed by atoms with Crippen LogP contribution in [-0.4, -0.2) is 9.97 Å². The lowest BCUT2D eigenvalue weighted by Crippen LogP contribution is -1.95. The molecule has 0 atom stereocenters. The maximum absolute atomic E-state index is 13.4. The van der Waals surface area contributed by atoms with E-state index in [1.54, 1.807) is 18.2 Å². The van der Waals surface area contributed by atoms with Gasteiger partial charge in [0.1, 0.15) is 0 Å². The number of para-hydroxylation sites is 3. The van der Waals surface area contributed by atoms with Gasteiger partial charge in [0.25, 0.3) is 0 Å². The Bertz CT molecular complexity index is 726. The second kappa shape index (κ2) is 4.61. The quantitative estimate of drug-likeness (QED) is 0.703. The van der Waals surface area contributed by atoms with Crippen molar-refractivity contribution in [2.45, 2.75) is 0 Å². The Morgan fingerprint density at radius 1 is 0.842 bits per heavy atom. The summed E-state index contributed by atoms with van der Waals surface area (Å²) in [4.78, 5) is 8.24. The molecular weight excluding hydrogens is 250 g/mol. The highest BCUT2D eigenvalue weighted by molar-refractivity contribution is 5.74. The predicted molar refractivity (Wildman–Crippen MR) is 66.0 cm³/mol. The molecule has 0 radical (unpaired) electrons. The zero-order chi connectivity index (χ0) is 13.2. The molecule has 0 bridgehead atoms. The van der Waals surface area contributed by atoms with Crippen LogP contribution in [0.5, 0.6) is 11.6 Å². The van der Waals surface area contributed by atoms with Gasteiger partial charge in [-0.2, -0.15) is 0 Å². The molecule has 5 heteroatoms.